The Morgan fingerprint density at radius 1 is 1.30 bits per heavy atom. The van der Waals surface area contributed by atoms with Gasteiger partial charge in [0.15, 0.2) is 0 Å². The molecule has 0 unspecified atom stereocenters. The zero-order chi connectivity index (χ0) is 14.7. The Bertz CT molecular complexity index is 647. The zero-order valence-electron chi connectivity index (χ0n) is 10.1. The van der Waals surface area contributed by atoms with Gasteiger partial charge in [0.05, 0.1) is 19.4 Å². The van der Waals surface area contributed by atoms with Crippen LogP contribution in [0.5, 0.6) is 0 Å². The van der Waals surface area contributed by atoms with E-state index in [4.69, 9.17) is 23.2 Å². The van der Waals surface area contributed by atoms with E-state index in [1.54, 1.807) is 11.3 Å². The van der Waals surface area contributed by atoms with E-state index >= 15 is 0 Å². The summed E-state index contributed by atoms with van der Waals surface area (Å²) in [4.78, 5) is 13.1. The second kappa shape index (κ2) is 6.89. The molecule has 0 aliphatic rings. The number of thiophene rings is 1. The molecular weight excluding hydrogens is 388 g/mol. The summed E-state index contributed by atoms with van der Waals surface area (Å²) in [5, 5.41) is 2.73. The molecule has 0 bridgehead atoms. The summed E-state index contributed by atoms with van der Waals surface area (Å²) < 4.78 is 14.4. The van der Waals surface area contributed by atoms with E-state index < -0.39 is 11.7 Å². The minimum Gasteiger partial charge on any atom is -0.352 e. The van der Waals surface area contributed by atoms with Crippen LogP contribution in [-0.2, 0) is 6.42 Å². The molecule has 0 atom stereocenters. The first-order chi connectivity index (χ1) is 9.47. The molecule has 0 saturated heterocycles. The van der Waals surface area contributed by atoms with Crippen molar-refractivity contribution in [2.24, 2.45) is 0 Å². The van der Waals surface area contributed by atoms with Crippen LogP contribution < -0.4 is 5.32 Å². The standard InChI is InChI=1S/C13H9BrCl2FNOS/c14-12-2-1-7(20-12)3-4-18-13(19)8-5-11(17)10(16)6-9(8)15/h1-2,5-6H,3-4H2,(H,18,19). The van der Waals surface area contributed by atoms with Crippen molar-refractivity contribution in [1.82, 2.24) is 5.32 Å². The van der Waals surface area contributed by atoms with Crippen LogP contribution >= 0.6 is 50.5 Å². The number of nitrogens with one attached hydrogen (secondary N) is 1. The van der Waals surface area contributed by atoms with Crippen LogP contribution in [0.4, 0.5) is 4.39 Å². The number of benzene rings is 1. The van der Waals surface area contributed by atoms with E-state index in [2.05, 4.69) is 21.2 Å². The van der Waals surface area contributed by atoms with E-state index in [9.17, 15) is 9.18 Å². The predicted molar refractivity (Wildman–Crippen MR) is 84.5 cm³/mol. The second-order valence-electron chi connectivity index (χ2n) is 3.96. The summed E-state index contributed by atoms with van der Waals surface area (Å²) >= 11 is 16.4. The molecule has 2 nitrogen and oxygen atoms in total. The number of hydrogen-bond donors (Lipinski definition) is 1. The third kappa shape index (κ3) is 3.95. The molecule has 106 valence electrons. The van der Waals surface area contributed by atoms with Crippen molar-refractivity contribution in [1.29, 1.82) is 0 Å². The highest BCUT2D eigenvalue weighted by molar-refractivity contribution is 9.11. The van der Waals surface area contributed by atoms with Crippen molar-refractivity contribution in [2.45, 2.75) is 6.42 Å². The average molecular weight is 397 g/mol. The van der Waals surface area contributed by atoms with Gasteiger partial charge in [-0.1, -0.05) is 23.2 Å². The highest BCUT2D eigenvalue weighted by Crippen LogP contribution is 2.24. The van der Waals surface area contributed by atoms with Crippen molar-refractivity contribution < 1.29 is 9.18 Å². The number of hydrogen-bond acceptors (Lipinski definition) is 2. The second-order valence-corrected chi connectivity index (χ2v) is 7.32. The molecule has 1 heterocycles. The molecule has 0 fully saturated rings. The fraction of sp³-hybridized carbons (Fsp3) is 0.154. The molecule has 2 aromatic rings. The van der Waals surface area contributed by atoms with Crippen LogP contribution in [0.25, 0.3) is 0 Å². The highest BCUT2D eigenvalue weighted by atomic mass is 79.9. The van der Waals surface area contributed by atoms with Gasteiger partial charge in [-0.2, -0.15) is 0 Å². The molecule has 1 N–H and O–H groups in total. The molecule has 0 saturated carbocycles. The van der Waals surface area contributed by atoms with Crippen molar-refractivity contribution >= 4 is 56.4 Å². The third-order valence-electron chi connectivity index (χ3n) is 2.54. The number of amides is 1. The van der Waals surface area contributed by atoms with Gasteiger partial charge in [-0.05, 0) is 46.6 Å². The van der Waals surface area contributed by atoms with Crippen molar-refractivity contribution in [2.75, 3.05) is 6.54 Å². The molecule has 7 heteroatoms. The van der Waals surface area contributed by atoms with E-state index in [1.807, 2.05) is 12.1 Å². The Morgan fingerprint density at radius 3 is 2.70 bits per heavy atom. The fourth-order valence-corrected chi connectivity index (χ4v) is 3.53. The van der Waals surface area contributed by atoms with Crippen molar-refractivity contribution in [3.8, 4) is 0 Å². The van der Waals surface area contributed by atoms with Gasteiger partial charge < -0.3 is 5.32 Å². The summed E-state index contributed by atoms with van der Waals surface area (Å²) in [7, 11) is 0. The predicted octanol–water partition coefficient (Wildman–Crippen LogP) is 4.93. The summed E-state index contributed by atoms with van der Waals surface area (Å²) in [6.45, 7) is 0.451. The van der Waals surface area contributed by atoms with E-state index in [-0.39, 0.29) is 15.6 Å². The SMILES string of the molecule is O=C(NCCc1ccc(Br)s1)c1cc(F)c(Cl)cc1Cl. The molecule has 1 aromatic heterocycles. The molecule has 20 heavy (non-hydrogen) atoms. The van der Waals surface area contributed by atoms with Gasteiger partial charge >= 0.3 is 0 Å². The maximum Gasteiger partial charge on any atom is 0.252 e. The van der Waals surface area contributed by atoms with Crippen molar-refractivity contribution in [3.63, 3.8) is 0 Å². The summed E-state index contributed by atoms with van der Waals surface area (Å²) in [6, 6.07) is 6.20. The lowest BCUT2D eigenvalue weighted by Gasteiger charge is -2.07. The first-order valence-corrected chi connectivity index (χ1v) is 8.01. The van der Waals surface area contributed by atoms with Crippen LogP contribution in [0.3, 0.4) is 0 Å². The Morgan fingerprint density at radius 2 is 2.05 bits per heavy atom. The first kappa shape index (κ1) is 15.8. The minimum atomic E-state index is -0.664. The van der Waals surface area contributed by atoms with Crippen LogP contribution in [0.2, 0.25) is 10.0 Å². The van der Waals surface area contributed by atoms with E-state index in [0.29, 0.717) is 13.0 Å². The van der Waals surface area contributed by atoms with Crippen LogP contribution in [0.15, 0.2) is 28.1 Å². The Hall–Kier alpha value is -0.620. The molecule has 0 aliphatic heterocycles. The molecule has 1 aromatic carbocycles. The molecular formula is C13H9BrCl2FNOS. The molecule has 1 amide bonds. The topological polar surface area (TPSA) is 29.1 Å². The molecule has 0 spiro atoms. The van der Waals surface area contributed by atoms with Gasteiger partial charge in [0, 0.05) is 11.4 Å². The Kier molecular flexibility index (Phi) is 5.43. The maximum absolute atomic E-state index is 13.3. The van der Waals surface area contributed by atoms with Gasteiger partial charge in [0.1, 0.15) is 5.82 Å². The van der Waals surface area contributed by atoms with Crippen molar-refractivity contribution in [3.05, 3.63) is 54.4 Å². The molecule has 2 rings (SSSR count). The first-order valence-electron chi connectivity index (χ1n) is 5.64. The maximum atomic E-state index is 13.3. The largest absolute Gasteiger partial charge is 0.352 e. The van der Waals surface area contributed by atoms with Gasteiger partial charge in [-0.3, -0.25) is 4.79 Å². The van der Waals surface area contributed by atoms with E-state index in [1.165, 1.54) is 6.07 Å². The molecule has 0 radical (unpaired) electrons. The van der Waals surface area contributed by atoms with E-state index in [0.717, 1.165) is 14.7 Å². The number of halogens is 4. The lowest BCUT2D eigenvalue weighted by atomic mass is 10.2. The minimum absolute atomic E-state index is 0.0842. The number of carbonyl (C=O) groups excluding carboxylic acids is 1. The summed E-state index contributed by atoms with van der Waals surface area (Å²) in [5.41, 5.74) is 0.0842. The van der Waals surface area contributed by atoms with Gasteiger partial charge in [-0.25, -0.2) is 4.39 Å². The Balaban J connectivity index is 1.97. The number of carbonyl (C=O) groups is 1. The van der Waals surface area contributed by atoms with Gasteiger partial charge in [-0.15, -0.1) is 11.3 Å². The summed E-state index contributed by atoms with van der Waals surface area (Å²) in [6.07, 6.45) is 0.704. The van der Waals surface area contributed by atoms with Gasteiger partial charge in [0.2, 0.25) is 0 Å². The van der Waals surface area contributed by atoms with Crippen LogP contribution in [-0.4, -0.2) is 12.5 Å². The molecule has 0 aliphatic carbocycles. The fourth-order valence-electron chi connectivity index (χ4n) is 1.58. The lowest BCUT2D eigenvalue weighted by molar-refractivity contribution is 0.0954. The number of rotatable bonds is 4. The highest BCUT2D eigenvalue weighted by Gasteiger charge is 2.13. The monoisotopic (exact) mass is 395 g/mol. The zero-order valence-corrected chi connectivity index (χ0v) is 14.0. The quantitative estimate of drug-likeness (QED) is 0.729. The van der Waals surface area contributed by atoms with Gasteiger partial charge in [0.25, 0.3) is 5.91 Å². The normalized spacial score (nSPS) is 10.6. The lowest BCUT2D eigenvalue weighted by Crippen LogP contribution is -2.25. The summed E-state index contributed by atoms with van der Waals surface area (Å²) in [5.74, 6) is -1.08. The van der Waals surface area contributed by atoms with Crippen LogP contribution in [0, 0.1) is 5.82 Å². The average Bonchev–Trinajstić information content (AvgIpc) is 2.79. The van der Waals surface area contributed by atoms with Crippen LogP contribution in [0.1, 0.15) is 15.2 Å². The smallest absolute Gasteiger partial charge is 0.252 e. The Labute approximate surface area is 138 Å². The third-order valence-corrected chi connectivity index (χ3v) is 4.83.